The van der Waals surface area contributed by atoms with E-state index in [1.54, 1.807) is 0 Å². The van der Waals surface area contributed by atoms with E-state index in [4.69, 9.17) is 0 Å². The van der Waals surface area contributed by atoms with Gasteiger partial charge in [-0.15, -0.1) is 0 Å². The second-order valence-electron chi connectivity index (χ2n) is 6.86. The lowest BCUT2D eigenvalue weighted by Crippen LogP contribution is -2.51. The molecule has 0 N–H and O–H groups in total. The molecular formula is C20H33N3O. The Hall–Kier alpha value is -1.55. The summed E-state index contributed by atoms with van der Waals surface area (Å²) in [4.78, 5) is 19.3. The van der Waals surface area contributed by atoms with Gasteiger partial charge in [-0.05, 0) is 57.0 Å². The van der Waals surface area contributed by atoms with E-state index in [0.29, 0.717) is 6.54 Å². The molecule has 134 valence electrons. The van der Waals surface area contributed by atoms with Crippen molar-refractivity contribution in [1.82, 2.24) is 9.80 Å². The highest BCUT2D eigenvalue weighted by Gasteiger charge is 2.23. The van der Waals surface area contributed by atoms with Crippen molar-refractivity contribution in [2.45, 2.75) is 40.5 Å². The Morgan fingerprint density at radius 1 is 1.04 bits per heavy atom. The summed E-state index contributed by atoms with van der Waals surface area (Å²) in [7, 11) is 0. The third kappa shape index (κ3) is 4.73. The van der Waals surface area contributed by atoms with Gasteiger partial charge in [0.15, 0.2) is 0 Å². The van der Waals surface area contributed by atoms with Gasteiger partial charge in [-0.3, -0.25) is 9.69 Å². The zero-order valence-electron chi connectivity index (χ0n) is 15.8. The van der Waals surface area contributed by atoms with Crippen LogP contribution in [0.1, 0.15) is 37.8 Å². The predicted octanol–water partition coefficient (Wildman–Crippen LogP) is 3.07. The smallest absolute Gasteiger partial charge is 0.236 e. The third-order valence-corrected chi connectivity index (χ3v) is 4.99. The minimum absolute atomic E-state index is 0.289. The zero-order chi connectivity index (χ0) is 17.5. The highest BCUT2D eigenvalue weighted by atomic mass is 16.2. The Balaban J connectivity index is 1.89. The molecule has 0 radical (unpaired) electrons. The summed E-state index contributed by atoms with van der Waals surface area (Å²) in [6, 6.07) is 6.49. The van der Waals surface area contributed by atoms with Crippen LogP contribution in [0, 0.1) is 13.8 Å². The molecule has 1 saturated heterocycles. The summed E-state index contributed by atoms with van der Waals surface area (Å²) < 4.78 is 0. The molecule has 1 aromatic rings. The average molecular weight is 332 g/mol. The number of amides is 1. The fraction of sp³-hybridized carbons (Fsp3) is 0.650. The van der Waals surface area contributed by atoms with Gasteiger partial charge in [0.2, 0.25) is 5.91 Å². The summed E-state index contributed by atoms with van der Waals surface area (Å²) >= 11 is 0. The summed E-state index contributed by atoms with van der Waals surface area (Å²) in [5.74, 6) is 0.289. The molecule has 24 heavy (non-hydrogen) atoms. The highest BCUT2D eigenvalue weighted by molar-refractivity contribution is 5.78. The van der Waals surface area contributed by atoms with Crippen molar-refractivity contribution in [3.63, 3.8) is 0 Å². The fourth-order valence-electron chi connectivity index (χ4n) is 3.47. The minimum Gasteiger partial charge on any atom is -0.368 e. The topological polar surface area (TPSA) is 26.8 Å². The molecule has 1 fully saturated rings. The van der Waals surface area contributed by atoms with Gasteiger partial charge in [0.1, 0.15) is 0 Å². The van der Waals surface area contributed by atoms with Crippen LogP contribution >= 0.6 is 0 Å². The number of nitrogens with zero attached hydrogens (tertiary/aromatic N) is 3. The van der Waals surface area contributed by atoms with E-state index in [2.05, 4.69) is 55.7 Å². The molecule has 0 bridgehead atoms. The summed E-state index contributed by atoms with van der Waals surface area (Å²) in [6.07, 6.45) is 2.21. The molecule has 1 aliphatic rings. The monoisotopic (exact) mass is 331 g/mol. The van der Waals surface area contributed by atoms with Crippen LogP contribution in [-0.2, 0) is 4.79 Å². The zero-order valence-corrected chi connectivity index (χ0v) is 15.8. The van der Waals surface area contributed by atoms with Crippen molar-refractivity contribution in [2.24, 2.45) is 0 Å². The van der Waals surface area contributed by atoms with E-state index < -0.39 is 0 Å². The van der Waals surface area contributed by atoms with Gasteiger partial charge in [-0.2, -0.15) is 0 Å². The van der Waals surface area contributed by atoms with Crippen molar-refractivity contribution in [3.05, 3.63) is 29.3 Å². The average Bonchev–Trinajstić information content (AvgIpc) is 2.58. The predicted molar refractivity (Wildman–Crippen MR) is 102 cm³/mol. The van der Waals surface area contributed by atoms with Crippen molar-refractivity contribution in [2.75, 3.05) is 50.7 Å². The Labute approximate surface area is 147 Å². The fourth-order valence-corrected chi connectivity index (χ4v) is 3.47. The van der Waals surface area contributed by atoms with Gasteiger partial charge in [0.05, 0.1) is 6.54 Å². The van der Waals surface area contributed by atoms with E-state index in [0.717, 1.165) is 52.1 Å². The molecule has 0 atom stereocenters. The molecular weight excluding hydrogens is 298 g/mol. The molecule has 1 aromatic carbocycles. The summed E-state index contributed by atoms with van der Waals surface area (Å²) in [5.41, 5.74) is 4.01. The molecule has 4 heteroatoms. The number of rotatable bonds is 7. The van der Waals surface area contributed by atoms with Crippen molar-refractivity contribution >= 4 is 11.6 Å². The first-order valence-corrected chi connectivity index (χ1v) is 9.38. The van der Waals surface area contributed by atoms with E-state index >= 15 is 0 Å². The lowest BCUT2D eigenvalue weighted by molar-refractivity contribution is -0.132. The van der Waals surface area contributed by atoms with Gasteiger partial charge < -0.3 is 9.80 Å². The molecule has 4 nitrogen and oxygen atoms in total. The molecule has 0 saturated carbocycles. The third-order valence-electron chi connectivity index (χ3n) is 4.99. The summed E-state index contributed by atoms with van der Waals surface area (Å²) in [6.45, 7) is 14.8. The number of benzene rings is 1. The van der Waals surface area contributed by atoms with Gasteiger partial charge >= 0.3 is 0 Å². The van der Waals surface area contributed by atoms with Crippen LogP contribution in [-0.4, -0.2) is 61.5 Å². The molecule has 1 aliphatic heterocycles. The molecule has 0 unspecified atom stereocenters. The molecule has 0 spiro atoms. The van der Waals surface area contributed by atoms with Gasteiger partial charge in [-0.25, -0.2) is 0 Å². The Kier molecular flexibility index (Phi) is 7.10. The van der Waals surface area contributed by atoms with Gasteiger partial charge in [-0.1, -0.05) is 26.0 Å². The second kappa shape index (κ2) is 9.07. The Morgan fingerprint density at radius 2 is 1.67 bits per heavy atom. The van der Waals surface area contributed by atoms with E-state index in [1.807, 2.05) is 4.90 Å². The minimum atomic E-state index is 0.289. The van der Waals surface area contributed by atoms with Crippen molar-refractivity contribution in [1.29, 1.82) is 0 Å². The molecule has 2 rings (SSSR count). The second-order valence-corrected chi connectivity index (χ2v) is 6.86. The number of aryl methyl sites for hydroxylation is 1. The van der Waals surface area contributed by atoms with Crippen LogP contribution in [0.4, 0.5) is 5.69 Å². The SMILES string of the molecule is CCCN(CCC)CC(=O)N1CCN(c2cccc(C)c2C)CC1. The Morgan fingerprint density at radius 3 is 2.25 bits per heavy atom. The first-order chi connectivity index (χ1) is 11.6. The van der Waals surface area contributed by atoms with Crippen LogP contribution < -0.4 is 4.90 Å². The maximum Gasteiger partial charge on any atom is 0.236 e. The van der Waals surface area contributed by atoms with E-state index in [-0.39, 0.29) is 5.91 Å². The number of carbonyl (C=O) groups is 1. The Bertz CT molecular complexity index is 530. The molecule has 0 aliphatic carbocycles. The standard InChI is InChI=1S/C20H33N3O/c1-5-10-21(11-6-2)16-20(24)23-14-12-22(13-15-23)19-9-7-8-17(3)18(19)4/h7-9H,5-6,10-16H2,1-4H3. The quantitative estimate of drug-likeness (QED) is 0.768. The number of piperazine rings is 1. The lowest BCUT2D eigenvalue weighted by atomic mass is 10.1. The van der Waals surface area contributed by atoms with Crippen LogP contribution in [0.25, 0.3) is 0 Å². The maximum absolute atomic E-state index is 12.6. The lowest BCUT2D eigenvalue weighted by Gasteiger charge is -2.37. The van der Waals surface area contributed by atoms with Crippen molar-refractivity contribution in [3.8, 4) is 0 Å². The molecule has 1 amide bonds. The van der Waals surface area contributed by atoms with Gasteiger partial charge in [0.25, 0.3) is 0 Å². The number of hydrogen-bond acceptors (Lipinski definition) is 3. The molecule has 0 aromatic heterocycles. The summed E-state index contributed by atoms with van der Waals surface area (Å²) in [5, 5.41) is 0. The van der Waals surface area contributed by atoms with Crippen LogP contribution in [0.5, 0.6) is 0 Å². The number of hydrogen-bond donors (Lipinski definition) is 0. The van der Waals surface area contributed by atoms with Crippen LogP contribution in [0.15, 0.2) is 18.2 Å². The largest absolute Gasteiger partial charge is 0.368 e. The van der Waals surface area contributed by atoms with Crippen LogP contribution in [0.3, 0.4) is 0 Å². The number of carbonyl (C=O) groups excluding carboxylic acids is 1. The van der Waals surface area contributed by atoms with Gasteiger partial charge in [0, 0.05) is 31.9 Å². The van der Waals surface area contributed by atoms with Crippen molar-refractivity contribution < 1.29 is 4.79 Å². The maximum atomic E-state index is 12.6. The first kappa shape index (κ1) is 18.8. The highest BCUT2D eigenvalue weighted by Crippen LogP contribution is 2.23. The normalized spacial score (nSPS) is 15.2. The number of anilines is 1. The molecule has 1 heterocycles. The van der Waals surface area contributed by atoms with Crippen LogP contribution in [0.2, 0.25) is 0 Å². The first-order valence-electron chi connectivity index (χ1n) is 9.38. The van der Waals surface area contributed by atoms with E-state index in [1.165, 1.54) is 16.8 Å². The van der Waals surface area contributed by atoms with E-state index in [9.17, 15) is 4.79 Å².